The van der Waals surface area contributed by atoms with Crippen LogP contribution < -0.4 is 5.32 Å². The number of aryl methyl sites for hydroxylation is 1. The highest BCUT2D eigenvalue weighted by Crippen LogP contribution is 2.10. The number of nitrogens with one attached hydrogen (secondary N) is 1. The number of rotatable bonds is 2. The summed E-state index contributed by atoms with van der Waals surface area (Å²) in [6.45, 7) is 3.52. The molecule has 0 radical (unpaired) electrons. The van der Waals surface area contributed by atoms with Gasteiger partial charge in [-0.2, -0.15) is 0 Å². The molecule has 0 bridgehead atoms. The number of hydrogen-bond donors (Lipinski definition) is 1. The van der Waals surface area contributed by atoms with Gasteiger partial charge in [-0.3, -0.25) is 10.1 Å². The minimum atomic E-state index is -0.233. The van der Waals surface area contributed by atoms with Gasteiger partial charge in [-0.1, -0.05) is 21.1 Å². The van der Waals surface area contributed by atoms with Crippen LogP contribution in [0.1, 0.15) is 12.6 Å². The third kappa shape index (κ3) is 2.34. The standard InChI is InChI=1S/C7H9BrN2O2/c1-4-3-6(12-10-4)9-7(11)5(2)8/h3,5H,1-2H3,(H,9,11). The number of hydrogen-bond acceptors (Lipinski definition) is 3. The molecule has 4 nitrogen and oxygen atoms in total. The van der Waals surface area contributed by atoms with Gasteiger partial charge in [0.2, 0.25) is 11.8 Å². The summed E-state index contributed by atoms with van der Waals surface area (Å²) < 4.78 is 4.78. The normalized spacial score (nSPS) is 12.6. The molecule has 0 fully saturated rings. The Balaban J connectivity index is 2.58. The number of nitrogens with zero attached hydrogens (tertiary/aromatic N) is 1. The molecule has 1 aromatic heterocycles. The molecule has 1 aromatic rings. The molecule has 5 heteroatoms. The summed E-state index contributed by atoms with van der Waals surface area (Å²) in [7, 11) is 0. The van der Waals surface area contributed by atoms with Crippen LogP contribution in [-0.2, 0) is 4.79 Å². The first-order chi connectivity index (χ1) is 5.59. The maximum absolute atomic E-state index is 11.1. The van der Waals surface area contributed by atoms with Crippen molar-refractivity contribution in [2.45, 2.75) is 18.7 Å². The molecule has 1 amide bonds. The topological polar surface area (TPSA) is 55.1 Å². The molecule has 0 aromatic carbocycles. The number of amides is 1. The van der Waals surface area contributed by atoms with E-state index in [4.69, 9.17) is 4.52 Å². The maximum Gasteiger partial charge on any atom is 0.240 e. The first-order valence-corrected chi connectivity index (χ1v) is 4.39. The Morgan fingerprint density at radius 3 is 2.92 bits per heavy atom. The van der Waals surface area contributed by atoms with Crippen molar-refractivity contribution >= 4 is 27.7 Å². The Labute approximate surface area is 78.4 Å². The molecule has 66 valence electrons. The van der Waals surface area contributed by atoms with Crippen molar-refractivity contribution in [3.63, 3.8) is 0 Å². The average Bonchev–Trinajstić information content (AvgIpc) is 2.35. The summed E-state index contributed by atoms with van der Waals surface area (Å²) >= 11 is 3.13. The van der Waals surface area contributed by atoms with E-state index >= 15 is 0 Å². The molecule has 1 heterocycles. The number of carbonyl (C=O) groups excluding carboxylic acids is 1. The second kappa shape index (κ2) is 3.71. The van der Waals surface area contributed by atoms with Crippen LogP contribution in [0.25, 0.3) is 0 Å². The monoisotopic (exact) mass is 232 g/mol. The van der Waals surface area contributed by atoms with Gasteiger partial charge >= 0.3 is 0 Å². The van der Waals surface area contributed by atoms with Crippen LogP contribution in [0.15, 0.2) is 10.6 Å². The summed E-state index contributed by atoms with van der Waals surface area (Å²) in [4.78, 5) is 10.8. The van der Waals surface area contributed by atoms with Crippen molar-refractivity contribution in [2.75, 3.05) is 5.32 Å². The maximum atomic E-state index is 11.1. The summed E-state index contributed by atoms with van der Waals surface area (Å²) in [5, 5.41) is 6.17. The molecule has 1 rings (SSSR count). The zero-order chi connectivity index (χ0) is 9.14. The molecule has 0 aliphatic rings. The smallest absolute Gasteiger partial charge is 0.240 e. The zero-order valence-corrected chi connectivity index (χ0v) is 8.38. The van der Waals surface area contributed by atoms with E-state index in [9.17, 15) is 4.79 Å². The van der Waals surface area contributed by atoms with E-state index in [-0.39, 0.29) is 10.7 Å². The van der Waals surface area contributed by atoms with Gasteiger partial charge in [0.1, 0.15) is 0 Å². The second-order valence-electron chi connectivity index (χ2n) is 2.44. The molecule has 0 saturated carbocycles. The van der Waals surface area contributed by atoms with Crippen LogP contribution in [0.4, 0.5) is 5.88 Å². The molecule has 12 heavy (non-hydrogen) atoms. The summed E-state index contributed by atoms with van der Waals surface area (Å²) in [6.07, 6.45) is 0. The molecular formula is C7H9BrN2O2. The van der Waals surface area contributed by atoms with E-state index in [1.165, 1.54) is 0 Å². The van der Waals surface area contributed by atoms with E-state index in [0.29, 0.717) is 5.88 Å². The minimum absolute atomic E-state index is 0.147. The van der Waals surface area contributed by atoms with E-state index in [0.717, 1.165) is 5.69 Å². The van der Waals surface area contributed by atoms with E-state index < -0.39 is 0 Å². The predicted octanol–water partition coefficient (Wildman–Crippen LogP) is 1.70. The van der Waals surface area contributed by atoms with E-state index in [1.54, 1.807) is 19.9 Å². The highest BCUT2D eigenvalue weighted by molar-refractivity contribution is 9.10. The number of anilines is 1. The van der Waals surface area contributed by atoms with Crippen molar-refractivity contribution in [1.29, 1.82) is 0 Å². The van der Waals surface area contributed by atoms with Gasteiger partial charge in [0.25, 0.3) is 0 Å². The Morgan fingerprint density at radius 1 is 1.83 bits per heavy atom. The highest BCUT2D eigenvalue weighted by Gasteiger charge is 2.10. The van der Waals surface area contributed by atoms with Gasteiger partial charge in [0.15, 0.2) is 0 Å². The highest BCUT2D eigenvalue weighted by atomic mass is 79.9. The van der Waals surface area contributed by atoms with Crippen LogP contribution in [0.2, 0.25) is 0 Å². The zero-order valence-electron chi connectivity index (χ0n) is 6.80. The van der Waals surface area contributed by atoms with Crippen LogP contribution in [-0.4, -0.2) is 15.9 Å². The van der Waals surface area contributed by atoms with Gasteiger partial charge < -0.3 is 4.52 Å². The molecule has 0 aliphatic heterocycles. The number of aromatic nitrogens is 1. The lowest BCUT2D eigenvalue weighted by Crippen LogP contribution is -2.19. The molecule has 0 aliphatic carbocycles. The van der Waals surface area contributed by atoms with E-state index in [2.05, 4.69) is 26.4 Å². The predicted molar refractivity (Wildman–Crippen MR) is 48.3 cm³/mol. The average molecular weight is 233 g/mol. The van der Waals surface area contributed by atoms with Gasteiger partial charge in [-0.25, -0.2) is 0 Å². The van der Waals surface area contributed by atoms with Crippen LogP contribution in [0.3, 0.4) is 0 Å². The van der Waals surface area contributed by atoms with Gasteiger partial charge in [-0.15, -0.1) is 0 Å². The van der Waals surface area contributed by atoms with Gasteiger partial charge in [-0.05, 0) is 13.8 Å². The van der Waals surface area contributed by atoms with Crippen LogP contribution >= 0.6 is 15.9 Å². The lowest BCUT2D eigenvalue weighted by molar-refractivity contribution is -0.115. The molecular weight excluding hydrogens is 224 g/mol. The number of carbonyl (C=O) groups is 1. The minimum Gasteiger partial charge on any atom is -0.338 e. The first kappa shape index (κ1) is 9.25. The van der Waals surface area contributed by atoms with Gasteiger partial charge in [0.05, 0.1) is 10.5 Å². The largest absolute Gasteiger partial charge is 0.338 e. The molecule has 1 N–H and O–H groups in total. The Morgan fingerprint density at radius 2 is 2.50 bits per heavy atom. The second-order valence-corrected chi connectivity index (χ2v) is 3.81. The molecule has 0 spiro atoms. The van der Waals surface area contributed by atoms with Crippen molar-refractivity contribution < 1.29 is 9.32 Å². The fraction of sp³-hybridized carbons (Fsp3) is 0.429. The molecule has 0 saturated heterocycles. The van der Waals surface area contributed by atoms with Crippen LogP contribution in [0, 0.1) is 6.92 Å². The van der Waals surface area contributed by atoms with Crippen LogP contribution in [0.5, 0.6) is 0 Å². The van der Waals surface area contributed by atoms with Crippen molar-refractivity contribution in [2.24, 2.45) is 0 Å². The van der Waals surface area contributed by atoms with Gasteiger partial charge in [0, 0.05) is 6.07 Å². The Kier molecular flexibility index (Phi) is 2.86. The third-order valence-electron chi connectivity index (χ3n) is 1.24. The SMILES string of the molecule is Cc1cc(NC(=O)C(C)Br)on1. The molecule has 1 unspecified atom stereocenters. The summed E-state index contributed by atoms with van der Waals surface area (Å²) in [6, 6.07) is 1.66. The first-order valence-electron chi connectivity index (χ1n) is 3.48. The lowest BCUT2D eigenvalue weighted by atomic mass is 10.4. The summed E-state index contributed by atoms with van der Waals surface area (Å²) in [5.41, 5.74) is 0.743. The van der Waals surface area contributed by atoms with E-state index in [1.807, 2.05) is 0 Å². The molecule has 1 atom stereocenters. The quantitative estimate of drug-likeness (QED) is 0.791. The van der Waals surface area contributed by atoms with Crippen molar-refractivity contribution in [3.05, 3.63) is 11.8 Å². The fourth-order valence-electron chi connectivity index (χ4n) is 0.643. The van der Waals surface area contributed by atoms with Crippen molar-refractivity contribution in [3.8, 4) is 0 Å². The fourth-order valence-corrected chi connectivity index (χ4v) is 0.758. The van der Waals surface area contributed by atoms with Crippen molar-refractivity contribution in [1.82, 2.24) is 5.16 Å². The Hall–Kier alpha value is -0.840. The third-order valence-corrected chi connectivity index (χ3v) is 1.65. The lowest BCUT2D eigenvalue weighted by Gasteiger charge is -2.00. The number of alkyl halides is 1. The Bertz CT molecular complexity index is 283. The number of halogens is 1. The summed E-state index contributed by atoms with van der Waals surface area (Å²) in [5.74, 6) is 0.231.